The fraction of sp³-hybridized carbons (Fsp3) is 0.500. The summed E-state index contributed by atoms with van der Waals surface area (Å²) in [5.74, 6) is 0.501. The summed E-state index contributed by atoms with van der Waals surface area (Å²) >= 11 is 11.7. The number of alkyl halides is 1. The van der Waals surface area contributed by atoms with Gasteiger partial charge in [0, 0.05) is 11.6 Å². The van der Waals surface area contributed by atoms with E-state index < -0.39 is 0 Å². The van der Waals surface area contributed by atoms with Gasteiger partial charge in [-0.25, -0.2) is 0 Å². The lowest BCUT2D eigenvalue weighted by Crippen LogP contribution is -2.52. The van der Waals surface area contributed by atoms with Gasteiger partial charge in [-0.05, 0) is 24.6 Å². The van der Waals surface area contributed by atoms with Crippen molar-refractivity contribution in [3.8, 4) is 0 Å². The van der Waals surface area contributed by atoms with Crippen LogP contribution in [-0.4, -0.2) is 42.0 Å². The lowest BCUT2D eigenvalue weighted by molar-refractivity contribution is -0.142. The van der Waals surface area contributed by atoms with Gasteiger partial charge in [0.25, 0.3) is 0 Å². The van der Waals surface area contributed by atoms with Crippen LogP contribution in [0.3, 0.4) is 0 Å². The van der Waals surface area contributed by atoms with Crippen molar-refractivity contribution in [1.29, 1.82) is 0 Å². The lowest BCUT2D eigenvalue weighted by atomic mass is 10.1. The number of halogens is 2. The van der Waals surface area contributed by atoms with E-state index in [1.165, 1.54) is 0 Å². The highest BCUT2D eigenvalue weighted by molar-refractivity contribution is 6.30. The van der Waals surface area contributed by atoms with Gasteiger partial charge in [-0.1, -0.05) is 23.7 Å². The van der Waals surface area contributed by atoms with Crippen molar-refractivity contribution in [2.24, 2.45) is 0 Å². The van der Waals surface area contributed by atoms with E-state index in [1.807, 2.05) is 30.0 Å². The molecule has 3 nitrogen and oxygen atoms in total. The van der Waals surface area contributed by atoms with E-state index in [2.05, 4.69) is 0 Å². The molecule has 0 aliphatic carbocycles. The Morgan fingerprint density at radius 2 is 2.32 bits per heavy atom. The van der Waals surface area contributed by atoms with Crippen LogP contribution in [0.25, 0.3) is 0 Å². The molecular weight excluding hydrogens is 285 g/mol. The minimum Gasteiger partial charge on any atom is -0.373 e. The average Bonchev–Trinajstić information content (AvgIpc) is 2.39. The first-order valence-corrected chi connectivity index (χ1v) is 7.23. The highest BCUT2D eigenvalue weighted by atomic mass is 35.5. The maximum atomic E-state index is 12.3. The molecule has 1 fully saturated rings. The maximum Gasteiger partial charge on any atom is 0.227 e. The second kappa shape index (κ2) is 6.60. The van der Waals surface area contributed by atoms with Gasteiger partial charge in [-0.2, -0.15) is 0 Å². The first-order chi connectivity index (χ1) is 9.10. The molecule has 0 saturated carbocycles. The van der Waals surface area contributed by atoms with Crippen LogP contribution >= 0.6 is 23.2 Å². The van der Waals surface area contributed by atoms with Crippen LogP contribution in [0.1, 0.15) is 12.5 Å². The molecule has 1 amide bonds. The number of amides is 1. The average molecular weight is 302 g/mol. The molecule has 1 heterocycles. The van der Waals surface area contributed by atoms with Gasteiger partial charge in [0.1, 0.15) is 0 Å². The molecule has 104 valence electrons. The fourth-order valence-corrected chi connectivity index (χ4v) is 2.58. The Hall–Kier alpha value is -0.770. The number of morpholine rings is 1. The standard InChI is InChI=1S/C14H17Cl2NO2/c1-10-9-19-13(7-15)8-17(10)14(18)6-11-3-2-4-12(16)5-11/h2-5,10,13H,6-9H2,1H3. The molecular formula is C14H17Cl2NO2. The summed E-state index contributed by atoms with van der Waals surface area (Å²) in [7, 11) is 0. The van der Waals surface area contributed by atoms with E-state index in [0.717, 1.165) is 5.56 Å². The number of hydrogen-bond donors (Lipinski definition) is 0. The number of rotatable bonds is 3. The van der Waals surface area contributed by atoms with E-state index in [4.69, 9.17) is 27.9 Å². The number of nitrogens with zero attached hydrogens (tertiary/aromatic N) is 1. The quantitative estimate of drug-likeness (QED) is 0.804. The first kappa shape index (κ1) is 14.6. The summed E-state index contributed by atoms with van der Waals surface area (Å²) < 4.78 is 5.54. The molecule has 1 aromatic rings. The Morgan fingerprint density at radius 1 is 1.53 bits per heavy atom. The van der Waals surface area contributed by atoms with Crippen molar-refractivity contribution in [2.75, 3.05) is 19.0 Å². The minimum absolute atomic E-state index is 0.0684. The van der Waals surface area contributed by atoms with Crippen LogP contribution in [-0.2, 0) is 16.0 Å². The predicted molar refractivity (Wildman–Crippen MR) is 76.8 cm³/mol. The molecule has 0 N–H and O–H groups in total. The van der Waals surface area contributed by atoms with Gasteiger partial charge >= 0.3 is 0 Å². The van der Waals surface area contributed by atoms with Gasteiger partial charge < -0.3 is 9.64 Å². The summed E-state index contributed by atoms with van der Waals surface area (Å²) in [6.45, 7) is 3.09. The molecule has 2 unspecified atom stereocenters. The van der Waals surface area contributed by atoms with E-state index >= 15 is 0 Å². The highest BCUT2D eigenvalue weighted by Crippen LogP contribution is 2.16. The van der Waals surface area contributed by atoms with Crippen molar-refractivity contribution in [3.63, 3.8) is 0 Å². The predicted octanol–water partition coefficient (Wildman–Crippen LogP) is 2.74. The molecule has 1 aromatic carbocycles. The van der Waals surface area contributed by atoms with E-state index in [0.29, 0.717) is 30.5 Å². The van der Waals surface area contributed by atoms with Crippen molar-refractivity contribution in [2.45, 2.75) is 25.5 Å². The zero-order valence-corrected chi connectivity index (χ0v) is 12.3. The fourth-order valence-electron chi connectivity index (χ4n) is 2.18. The number of ether oxygens (including phenoxy) is 1. The Morgan fingerprint density at radius 3 is 3.00 bits per heavy atom. The number of benzene rings is 1. The first-order valence-electron chi connectivity index (χ1n) is 6.31. The minimum atomic E-state index is -0.0684. The number of hydrogen-bond acceptors (Lipinski definition) is 2. The molecule has 1 aliphatic heterocycles. The Kier molecular flexibility index (Phi) is 5.08. The van der Waals surface area contributed by atoms with E-state index in [-0.39, 0.29) is 18.1 Å². The second-order valence-corrected chi connectivity index (χ2v) is 5.56. The van der Waals surface area contributed by atoms with E-state index in [9.17, 15) is 4.79 Å². The van der Waals surface area contributed by atoms with Crippen LogP contribution in [0.15, 0.2) is 24.3 Å². The summed E-state index contributed by atoms with van der Waals surface area (Å²) in [6.07, 6.45) is 0.293. The number of carbonyl (C=O) groups excluding carboxylic acids is 1. The van der Waals surface area contributed by atoms with Crippen LogP contribution in [0.2, 0.25) is 5.02 Å². The third-order valence-electron chi connectivity index (χ3n) is 3.24. The van der Waals surface area contributed by atoms with Crippen molar-refractivity contribution in [1.82, 2.24) is 4.90 Å². The summed E-state index contributed by atoms with van der Waals surface area (Å²) in [5.41, 5.74) is 0.929. The van der Waals surface area contributed by atoms with Gasteiger partial charge in [0.15, 0.2) is 0 Å². The molecule has 5 heteroatoms. The summed E-state index contributed by atoms with van der Waals surface area (Å²) in [6, 6.07) is 7.48. The Bertz CT molecular complexity index is 453. The molecule has 19 heavy (non-hydrogen) atoms. The Labute approximate surface area is 123 Å². The zero-order chi connectivity index (χ0) is 13.8. The third-order valence-corrected chi connectivity index (χ3v) is 3.82. The van der Waals surface area contributed by atoms with Crippen LogP contribution in [0.5, 0.6) is 0 Å². The molecule has 2 rings (SSSR count). The van der Waals surface area contributed by atoms with Gasteiger partial charge in [-0.15, -0.1) is 11.6 Å². The van der Waals surface area contributed by atoms with Gasteiger partial charge in [0.05, 0.1) is 31.1 Å². The molecule has 0 radical (unpaired) electrons. The second-order valence-electron chi connectivity index (χ2n) is 4.81. The topological polar surface area (TPSA) is 29.5 Å². The molecule has 0 aromatic heterocycles. The monoisotopic (exact) mass is 301 g/mol. The van der Waals surface area contributed by atoms with Crippen molar-refractivity contribution in [3.05, 3.63) is 34.9 Å². The maximum absolute atomic E-state index is 12.3. The SMILES string of the molecule is CC1COC(CCl)CN1C(=O)Cc1cccc(Cl)c1. The van der Waals surface area contributed by atoms with Crippen molar-refractivity contribution >= 4 is 29.1 Å². The smallest absolute Gasteiger partial charge is 0.227 e. The summed E-state index contributed by atoms with van der Waals surface area (Å²) in [4.78, 5) is 14.2. The van der Waals surface area contributed by atoms with Crippen LogP contribution < -0.4 is 0 Å². The highest BCUT2D eigenvalue weighted by Gasteiger charge is 2.28. The number of carbonyl (C=O) groups is 1. The molecule has 2 atom stereocenters. The molecule has 1 aliphatic rings. The third kappa shape index (κ3) is 3.85. The van der Waals surface area contributed by atoms with Gasteiger partial charge in [-0.3, -0.25) is 4.79 Å². The van der Waals surface area contributed by atoms with Crippen LogP contribution in [0, 0.1) is 0 Å². The Balaban J connectivity index is 2.02. The van der Waals surface area contributed by atoms with E-state index in [1.54, 1.807) is 6.07 Å². The summed E-state index contributed by atoms with van der Waals surface area (Å²) in [5, 5.41) is 0.652. The normalized spacial score (nSPS) is 23.4. The molecule has 0 bridgehead atoms. The van der Waals surface area contributed by atoms with Crippen LogP contribution in [0.4, 0.5) is 0 Å². The van der Waals surface area contributed by atoms with Gasteiger partial charge in [0.2, 0.25) is 5.91 Å². The molecule has 0 spiro atoms. The largest absolute Gasteiger partial charge is 0.373 e. The van der Waals surface area contributed by atoms with Crippen molar-refractivity contribution < 1.29 is 9.53 Å². The zero-order valence-electron chi connectivity index (χ0n) is 10.8. The lowest BCUT2D eigenvalue weighted by Gasteiger charge is -2.37. The molecule has 1 saturated heterocycles.